The Balaban J connectivity index is 0.000000241. The Hall–Kier alpha value is -1.34. The lowest BCUT2D eigenvalue weighted by Gasteiger charge is -2.13. The second-order valence-corrected chi connectivity index (χ2v) is 4.93. The lowest BCUT2D eigenvalue weighted by atomic mass is 10.1. The predicted octanol–water partition coefficient (Wildman–Crippen LogP) is 4.71. The van der Waals surface area contributed by atoms with Crippen LogP contribution < -0.4 is 5.73 Å². The molecule has 1 nitrogen and oxygen atoms in total. The Labute approximate surface area is 112 Å². The number of allylic oxidation sites excluding steroid dienone is 4. The molecule has 0 saturated heterocycles. The van der Waals surface area contributed by atoms with Crippen molar-refractivity contribution in [2.45, 2.75) is 45.6 Å². The van der Waals surface area contributed by atoms with Gasteiger partial charge in [0.25, 0.3) is 0 Å². The molecule has 1 heteroatoms. The van der Waals surface area contributed by atoms with E-state index in [1.165, 1.54) is 12.8 Å². The van der Waals surface area contributed by atoms with Gasteiger partial charge >= 0.3 is 0 Å². The Morgan fingerprint density at radius 2 is 1.11 bits per heavy atom. The lowest BCUT2D eigenvalue weighted by molar-refractivity contribution is 0.501. The summed E-state index contributed by atoms with van der Waals surface area (Å²) in [4.78, 5) is 0. The van der Waals surface area contributed by atoms with Crippen molar-refractivity contribution in [1.82, 2.24) is 0 Å². The van der Waals surface area contributed by atoms with Crippen molar-refractivity contribution in [1.29, 1.82) is 0 Å². The zero-order valence-electron chi connectivity index (χ0n) is 12.0. The average Bonchev–Trinajstić information content (AvgIpc) is 2.43. The first-order valence-corrected chi connectivity index (χ1v) is 6.67. The minimum absolute atomic E-state index is 0.0417. The molecule has 0 aromatic heterocycles. The van der Waals surface area contributed by atoms with Crippen molar-refractivity contribution in [2.24, 2.45) is 5.73 Å². The molecule has 0 atom stereocenters. The van der Waals surface area contributed by atoms with Crippen LogP contribution in [0.4, 0.5) is 0 Å². The molecule has 2 rings (SSSR count). The van der Waals surface area contributed by atoms with Gasteiger partial charge in [-0.2, -0.15) is 0 Å². The maximum absolute atomic E-state index is 5.53. The van der Waals surface area contributed by atoms with Crippen molar-refractivity contribution >= 4 is 0 Å². The van der Waals surface area contributed by atoms with Crippen LogP contribution >= 0.6 is 0 Å². The van der Waals surface area contributed by atoms with E-state index < -0.39 is 0 Å². The van der Waals surface area contributed by atoms with Gasteiger partial charge in [-0.15, -0.1) is 0 Å². The van der Waals surface area contributed by atoms with Gasteiger partial charge in [-0.3, -0.25) is 0 Å². The summed E-state index contributed by atoms with van der Waals surface area (Å²) in [6, 6.07) is 12.0. The molecule has 0 amide bonds. The SMILES string of the molecule is C1=CCCC=C1.CCC(C)(C)N.c1ccccc1. The molecule has 0 spiro atoms. The van der Waals surface area contributed by atoms with E-state index in [2.05, 4.69) is 31.2 Å². The van der Waals surface area contributed by atoms with Gasteiger partial charge in [0.15, 0.2) is 0 Å². The van der Waals surface area contributed by atoms with Crippen LogP contribution in [0.2, 0.25) is 0 Å². The van der Waals surface area contributed by atoms with Crippen LogP contribution in [0.1, 0.15) is 40.0 Å². The molecule has 1 aliphatic rings. The van der Waals surface area contributed by atoms with E-state index in [4.69, 9.17) is 5.73 Å². The molecule has 18 heavy (non-hydrogen) atoms. The van der Waals surface area contributed by atoms with E-state index in [0.717, 1.165) is 6.42 Å². The number of hydrogen-bond donors (Lipinski definition) is 1. The largest absolute Gasteiger partial charge is 0.326 e. The monoisotopic (exact) mass is 245 g/mol. The van der Waals surface area contributed by atoms with E-state index in [1.807, 2.05) is 50.2 Å². The fourth-order valence-electron chi connectivity index (χ4n) is 0.927. The molecule has 0 radical (unpaired) electrons. The molecule has 0 fully saturated rings. The van der Waals surface area contributed by atoms with Crippen molar-refractivity contribution in [3.05, 3.63) is 60.7 Å². The van der Waals surface area contributed by atoms with E-state index in [0.29, 0.717) is 0 Å². The fraction of sp³-hybridized carbons (Fsp3) is 0.412. The van der Waals surface area contributed by atoms with Gasteiger partial charge in [0.05, 0.1) is 0 Å². The van der Waals surface area contributed by atoms with Gasteiger partial charge < -0.3 is 5.73 Å². The first kappa shape index (κ1) is 16.7. The zero-order valence-corrected chi connectivity index (χ0v) is 12.0. The molecular formula is C17H27N. The molecule has 1 aromatic rings. The molecule has 1 aromatic carbocycles. The van der Waals surface area contributed by atoms with Crippen LogP contribution in [0.3, 0.4) is 0 Å². The number of nitrogens with two attached hydrogens (primary N) is 1. The van der Waals surface area contributed by atoms with Gasteiger partial charge in [-0.25, -0.2) is 0 Å². The number of benzene rings is 1. The maximum Gasteiger partial charge on any atom is 0.00944 e. The highest BCUT2D eigenvalue weighted by Gasteiger charge is 2.03. The Bertz CT molecular complexity index is 279. The number of rotatable bonds is 1. The quantitative estimate of drug-likeness (QED) is 0.761. The Morgan fingerprint density at radius 1 is 0.833 bits per heavy atom. The highest BCUT2D eigenvalue weighted by molar-refractivity contribution is 5.07. The van der Waals surface area contributed by atoms with E-state index in [-0.39, 0.29) is 5.54 Å². The standard InChI is InChI=1S/C6H8.C6H6.C5H13N/c2*1-2-4-6-5-3-1;1-4-5(2,3)6/h1-4H,5-6H2;1-6H;4,6H2,1-3H3. The van der Waals surface area contributed by atoms with Crippen molar-refractivity contribution in [3.63, 3.8) is 0 Å². The first-order valence-electron chi connectivity index (χ1n) is 6.67. The lowest BCUT2D eigenvalue weighted by Crippen LogP contribution is -2.30. The summed E-state index contributed by atoms with van der Waals surface area (Å²) in [6.07, 6.45) is 12.0. The minimum Gasteiger partial charge on any atom is -0.326 e. The maximum atomic E-state index is 5.53. The van der Waals surface area contributed by atoms with Crippen LogP contribution in [-0.4, -0.2) is 5.54 Å². The van der Waals surface area contributed by atoms with E-state index >= 15 is 0 Å². The average molecular weight is 245 g/mol. The van der Waals surface area contributed by atoms with Crippen LogP contribution in [-0.2, 0) is 0 Å². The summed E-state index contributed by atoms with van der Waals surface area (Å²) in [5, 5.41) is 0. The van der Waals surface area contributed by atoms with Crippen molar-refractivity contribution in [2.75, 3.05) is 0 Å². The molecule has 100 valence electrons. The van der Waals surface area contributed by atoms with Gasteiger partial charge in [0, 0.05) is 5.54 Å². The van der Waals surface area contributed by atoms with Crippen LogP contribution in [0.25, 0.3) is 0 Å². The van der Waals surface area contributed by atoms with Crippen LogP contribution in [0.15, 0.2) is 60.7 Å². The Morgan fingerprint density at radius 3 is 1.22 bits per heavy atom. The van der Waals surface area contributed by atoms with E-state index in [9.17, 15) is 0 Å². The second-order valence-electron chi connectivity index (χ2n) is 4.93. The smallest absolute Gasteiger partial charge is 0.00944 e. The second kappa shape index (κ2) is 10.8. The summed E-state index contributed by atoms with van der Waals surface area (Å²) < 4.78 is 0. The minimum atomic E-state index is 0.0417. The van der Waals surface area contributed by atoms with Crippen LogP contribution in [0, 0.1) is 0 Å². The summed E-state index contributed by atoms with van der Waals surface area (Å²) in [7, 11) is 0. The highest BCUT2D eigenvalue weighted by Crippen LogP contribution is 1.99. The summed E-state index contributed by atoms with van der Waals surface area (Å²) in [5.41, 5.74) is 5.58. The Kier molecular flexibility index (Phi) is 9.99. The highest BCUT2D eigenvalue weighted by atomic mass is 14.7. The third-order valence-electron chi connectivity index (χ3n) is 2.46. The number of hydrogen-bond acceptors (Lipinski definition) is 1. The summed E-state index contributed by atoms with van der Waals surface area (Å²) >= 11 is 0. The molecule has 2 N–H and O–H groups in total. The molecule has 1 aliphatic carbocycles. The molecule has 0 unspecified atom stereocenters. The van der Waals surface area contributed by atoms with E-state index in [1.54, 1.807) is 0 Å². The molecule has 0 saturated carbocycles. The third-order valence-corrected chi connectivity index (χ3v) is 2.46. The molecule has 0 bridgehead atoms. The van der Waals surface area contributed by atoms with Gasteiger partial charge in [-0.05, 0) is 33.1 Å². The molecular weight excluding hydrogens is 218 g/mol. The van der Waals surface area contributed by atoms with Gasteiger partial charge in [-0.1, -0.05) is 67.6 Å². The first-order chi connectivity index (χ1) is 8.56. The van der Waals surface area contributed by atoms with Gasteiger partial charge in [0.1, 0.15) is 0 Å². The molecule has 0 heterocycles. The topological polar surface area (TPSA) is 26.0 Å². The predicted molar refractivity (Wildman–Crippen MR) is 82.5 cm³/mol. The van der Waals surface area contributed by atoms with Crippen molar-refractivity contribution in [3.8, 4) is 0 Å². The normalized spacial score (nSPS) is 12.9. The third kappa shape index (κ3) is 14.7. The fourth-order valence-corrected chi connectivity index (χ4v) is 0.927. The summed E-state index contributed by atoms with van der Waals surface area (Å²) in [6.45, 7) is 6.12. The zero-order chi connectivity index (χ0) is 13.7. The van der Waals surface area contributed by atoms with Gasteiger partial charge in [0.2, 0.25) is 0 Å². The van der Waals surface area contributed by atoms with Crippen molar-refractivity contribution < 1.29 is 0 Å². The molecule has 0 aliphatic heterocycles. The summed E-state index contributed by atoms with van der Waals surface area (Å²) in [5.74, 6) is 0. The van der Waals surface area contributed by atoms with Crippen LogP contribution in [0.5, 0.6) is 0 Å².